The van der Waals surface area contributed by atoms with E-state index in [2.05, 4.69) is 20.9 Å². The Kier molecular flexibility index (Phi) is 4.81. The van der Waals surface area contributed by atoms with Gasteiger partial charge in [0.2, 0.25) is 5.88 Å². The maximum atomic E-state index is 12.3. The standard InChI is InChI=1S/C17H17BrN2O3/c1-12(22-13-6-3-2-4-7-13)17(21)20-10-14(11-20)23-16-15(18)8-5-9-19-16/h2-9,12,14H,10-11H2,1H3. The van der Waals surface area contributed by atoms with Gasteiger partial charge in [-0.15, -0.1) is 0 Å². The summed E-state index contributed by atoms with van der Waals surface area (Å²) in [6.07, 6.45) is 1.13. The van der Waals surface area contributed by atoms with Gasteiger partial charge in [0.15, 0.2) is 6.10 Å². The third-order valence-corrected chi connectivity index (χ3v) is 4.17. The van der Waals surface area contributed by atoms with E-state index < -0.39 is 6.10 Å². The molecule has 1 amide bonds. The Hall–Kier alpha value is -2.08. The molecule has 5 nitrogen and oxygen atoms in total. The second-order valence-electron chi connectivity index (χ2n) is 5.35. The van der Waals surface area contributed by atoms with Crippen molar-refractivity contribution in [2.24, 2.45) is 0 Å². The molecule has 120 valence electrons. The van der Waals surface area contributed by atoms with Crippen LogP contribution in [0.25, 0.3) is 0 Å². The smallest absolute Gasteiger partial charge is 0.263 e. The molecule has 2 heterocycles. The summed E-state index contributed by atoms with van der Waals surface area (Å²) in [5.74, 6) is 1.21. The van der Waals surface area contributed by atoms with Gasteiger partial charge >= 0.3 is 0 Å². The Morgan fingerprint density at radius 3 is 2.70 bits per heavy atom. The number of aromatic nitrogens is 1. The molecule has 1 aromatic carbocycles. The number of likely N-dealkylation sites (tertiary alicyclic amines) is 1. The number of carbonyl (C=O) groups is 1. The van der Waals surface area contributed by atoms with Crippen LogP contribution in [0.4, 0.5) is 0 Å². The predicted molar refractivity (Wildman–Crippen MR) is 89.5 cm³/mol. The summed E-state index contributed by atoms with van der Waals surface area (Å²) in [6.45, 7) is 2.85. The van der Waals surface area contributed by atoms with E-state index in [0.29, 0.717) is 24.7 Å². The molecule has 1 aromatic heterocycles. The zero-order chi connectivity index (χ0) is 16.2. The molecule has 0 N–H and O–H groups in total. The number of benzene rings is 1. The molecule has 3 rings (SSSR count). The summed E-state index contributed by atoms with van der Waals surface area (Å²) in [5, 5.41) is 0. The first kappa shape index (κ1) is 15.8. The maximum Gasteiger partial charge on any atom is 0.263 e. The van der Waals surface area contributed by atoms with Gasteiger partial charge in [0, 0.05) is 6.20 Å². The number of hydrogen-bond donors (Lipinski definition) is 0. The van der Waals surface area contributed by atoms with E-state index in [-0.39, 0.29) is 12.0 Å². The van der Waals surface area contributed by atoms with Crippen LogP contribution in [0.2, 0.25) is 0 Å². The van der Waals surface area contributed by atoms with E-state index in [9.17, 15) is 4.79 Å². The second-order valence-corrected chi connectivity index (χ2v) is 6.20. The fourth-order valence-electron chi connectivity index (χ4n) is 2.32. The van der Waals surface area contributed by atoms with Gasteiger partial charge in [-0.1, -0.05) is 18.2 Å². The highest BCUT2D eigenvalue weighted by Crippen LogP contribution is 2.25. The Balaban J connectivity index is 1.49. The lowest BCUT2D eigenvalue weighted by Gasteiger charge is -2.39. The average Bonchev–Trinajstić information content (AvgIpc) is 2.52. The molecule has 0 radical (unpaired) electrons. The fourth-order valence-corrected chi connectivity index (χ4v) is 2.67. The number of ether oxygens (including phenoxy) is 2. The summed E-state index contributed by atoms with van der Waals surface area (Å²) in [4.78, 5) is 18.2. The van der Waals surface area contributed by atoms with Crippen molar-refractivity contribution >= 4 is 21.8 Å². The largest absolute Gasteiger partial charge is 0.481 e. The topological polar surface area (TPSA) is 51.7 Å². The van der Waals surface area contributed by atoms with Gasteiger partial charge in [-0.3, -0.25) is 4.79 Å². The first-order chi connectivity index (χ1) is 11.1. The van der Waals surface area contributed by atoms with Gasteiger partial charge < -0.3 is 14.4 Å². The van der Waals surface area contributed by atoms with Crippen LogP contribution in [0.1, 0.15) is 6.92 Å². The summed E-state index contributed by atoms with van der Waals surface area (Å²) >= 11 is 3.39. The lowest BCUT2D eigenvalue weighted by Crippen LogP contribution is -2.59. The minimum atomic E-state index is -0.514. The lowest BCUT2D eigenvalue weighted by atomic mass is 10.1. The molecule has 2 aromatic rings. The number of carbonyl (C=O) groups excluding carboxylic acids is 1. The maximum absolute atomic E-state index is 12.3. The number of hydrogen-bond acceptors (Lipinski definition) is 4. The normalized spacial score (nSPS) is 15.7. The quantitative estimate of drug-likeness (QED) is 0.804. The van der Waals surface area contributed by atoms with E-state index in [4.69, 9.17) is 9.47 Å². The third kappa shape index (κ3) is 3.82. The number of pyridine rings is 1. The molecule has 1 atom stereocenters. The molecule has 0 aliphatic carbocycles. The first-order valence-corrected chi connectivity index (χ1v) is 8.20. The Bertz CT molecular complexity index is 675. The van der Waals surface area contributed by atoms with E-state index in [1.807, 2.05) is 42.5 Å². The summed E-state index contributed by atoms with van der Waals surface area (Å²) in [6, 6.07) is 13.0. The predicted octanol–water partition coefficient (Wildman–Crippen LogP) is 2.90. The van der Waals surface area contributed by atoms with Gasteiger partial charge in [-0.2, -0.15) is 0 Å². The molecule has 0 bridgehead atoms. The van der Waals surface area contributed by atoms with Crippen molar-refractivity contribution in [2.45, 2.75) is 19.1 Å². The number of nitrogens with zero attached hydrogens (tertiary/aromatic N) is 2. The number of rotatable bonds is 5. The molecule has 0 spiro atoms. The van der Waals surface area contributed by atoms with Crippen molar-refractivity contribution in [3.63, 3.8) is 0 Å². The number of halogens is 1. The van der Waals surface area contributed by atoms with Crippen LogP contribution < -0.4 is 9.47 Å². The van der Waals surface area contributed by atoms with Crippen molar-refractivity contribution in [2.75, 3.05) is 13.1 Å². The van der Waals surface area contributed by atoms with Gasteiger partial charge in [-0.05, 0) is 47.1 Å². The van der Waals surface area contributed by atoms with Crippen molar-refractivity contribution in [1.29, 1.82) is 0 Å². The van der Waals surface area contributed by atoms with E-state index >= 15 is 0 Å². The monoisotopic (exact) mass is 376 g/mol. The molecule has 0 saturated carbocycles. The lowest BCUT2D eigenvalue weighted by molar-refractivity contribution is -0.147. The Morgan fingerprint density at radius 1 is 1.26 bits per heavy atom. The van der Waals surface area contributed by atoms with E-state index in [1.165, 1.54) is 0 Å². The van der Waals surface area contributed by atoms with Gasteiger partial charge in [0.25, 0.3) is 5.91 Å². The van der Waals surface area contributed by atoms with Crippen molar-refractivity contribution in [1.82, 2.24) is 9.88 Å². The fraction of sp³-hybridized carbons (Fsp3) is 0.294. The molecular weight excluding hydrogens is 360 g/mol. The van der Waals surface area contributed by atoms with Crippen LogP contribution in [-0.2, 0) is 4.79 Å². The Morgan fingerprint density at radius 2 is 2.00 bits per heavy atom. The zero-order valence-corrected chi connectivity index (χ0v) is 14.3. The van der Waals surface area contributed by atoms with E-state index in [0.717, 1.165) is 4.47 Å². The van der Waals surface area contributed by atoms with Crippen LogP contribution in [0.5, 0.6) is 11.6 Å². The molecule has 6 heteroatoms. The SMILES string of the molecule is CC(Oc1ccccc1)C(=O)N1CC(Oc2ncccc2Br)C1. The van der Waals surface area contributed by atoms with Crippen molar-refractivity contribution in [3.05, 3.63) is 53.1 Å². The minimum absolute atomic E-state index is 0.0333. The highest BCUT2D eigenvalue weighted by atomic mass is 79.9. The van der Waals surface area contributed by atoms with Crippen LogP contribution in [0.3, 0.4) is 0 Å². The van der Waals surface area contributed by atoms with Crippen LogP contribution in [0, 0.1) is 0 Å². The van der Waals surface area contributed by atoms with Crippen molar-refractivity contribution in [3.8, 4) is 11.6 Å². The van der Waals surface area contributed by atoms with Crippen LogP contribution in [-0.4, -0.2) is 41.1 Å². The molecule has 1 fully saturated rings. The summed E-state index contributed by atoms with van der Waals surface area (Å²) in [7, 11) is 0. The average molecular weight is 377 g/mol. The van der Waals surface area contributed by atoms with Gasteiger partial charge in [0.05, 0.1) is 17.6 Å². The molecule has 1 aliphatic rings. The molecule has 1 saturated heterocycles. The van der Waals surface area contributed by atoms with Gasteiger partial charge in [0.1, 0.15) is 11.9 Å². The number of para-hydroxylation sites is 1. The highest BCUT2D eigenvalue weighted by Gasteiger charge is 2.35. The second kappa shape index (κ2) is 7.00. The Labute approximate surface area is 143 Å². The molecule has 1 unspecified atom stereocenters. The van der Waals surface area contributed by atoms with Crippen LogP contribution >= 0.6 is 15.9 Å². The summed E-state index contributed by atoms with van der Waals surface area (Å²) in [5.41, 5.74) is 0. The third-order valence-electron chi connectivity index (χ3n) is 3.57. The van der Waals surface area contributed by atoms with E-state index in [1.54, 1.807) is 18.0 Å². The molecule has 1 aliphatic heterocycles. The first-order valence-electron chi connectivity index (χ1n) is 7.41. The summed E-state index contributed by atoms with van der Waals surface area (Å²) < 4.78 is 12.2. The van der Waals surface area contributed by atoms with Gasteiger partial charge in [-0.25, -0.2) is 4.98 Å². The van der Waals surface area contributed by atoms with Crippen molar-refractivity contribution < 1.29 is 14.3 Å². The minimum Gasteiger partial charge on any atom is -0.481 e. The van der Waals surface area contributed by atoms with Crippen LogP contribution in [0.15, 0.2) is 53.1 Å². The zero-order valence-electron chi connectivity index (χ0n) is 12.7. The highest BCUT2D eigenvalue weighted by molar-refractivity contribution is 9.10. The number of amides is 1. The molecule has 23 heavy (non-hydrogen) atoms. The molecular formula is C17H17BrN2O3.